The third kappa shape index (κ3) is 15.6. The van der Waals surface area contributed by atoms with E-state index in [1.165, 1.54) is 84.6 Å². The molecule has 4 aliphatic rings. The third-order valence-corrected chi connectivity index (χ3v) is 22.7. The van der Waals surface area contributed by atoms with Gasteiger partial charge in [-0.15, -0.1) is 44.1 Å². The van der Waals surface area contributed by atoms with Crippen molar-refractivity contribution in [3.05, 3.63) is 328 Å². The van der Waals surface area contributed by atoms with Gasteiger partial charge >= 0.3 is 48.5 Å². The maximum atomic E-state index is 16.6. The number of nitrogens with one attached hydrogen (secondary N) is 2. The number of aromatic nitrogens is 8. The number of carbonyl (C=O) groups is 1. The predicted molar refractivity (Wildman–Crippen MR) is 471 cm³/mol. The second kappa shape index (κ2) is 34.1. The number of carbonyl (C=O) groups excluding carboxylic acids is 1. The van der Waals surface area contributed by atoms with Crippen molar-refractivity contribution in [2.24, 2.45) is 0 Å². The summed E-state index contributed by atoms with van der Waals surface area (Å²) < 4.78 is 157. The minimum Gasteiger partial charge on any atom is -0.657 e. The number of ether oxygens (including phenoxy) is 1. The van der Waals surface area contributed by atoms with Crippen LogP contribution in [0.2, 0.25) is 0 Å². The molecule has 0 fully saturated rings. The van der Waals surface area contributed by atoms with E-state index in [-0.39, 0.29) is 129 Å². The number of hydrogen-bond acceptors (Lipinski definition) is 5. The fraction of sp³-hybridized carbons (Fsp3) is 0.0900. The first-order valence-electron chi connectivity index (χ1n) is 39.0. The minimum absolute atomic E-state index is 0. The van der Waals surface area contributed by atoms with Gasteiger partial charge in [0.15, 0.2) is 40.7 Å². The van der Waals surface area contributed by atoms with Gasteiger partial charge < -0.3 is 24.7 Å². The van der Waals surface area contributed by atoms with E-state index >= 15 is 35.1 Å². The molecule has 0 aliphatic carbocycles. The van der Waals surface area contributed by atoms with Gasteiger partial charge in [-0.25, -0.2) is 64.2 Å². The second-order valence-corrected chi connectivity index (χ2v) is 31.5. The van der Waals surface area contributed by atoms with E-state index < -0.39 is 75.0 Å². The smallest absolute Gasteiger partial charge is 0.657 e. The number of H-pyrrole nitrogens is 2. The van der Waals surface area contributed by atoms with Gasteiger partial charge in [0.2, 0.25) is 28.6 Å². The molecule has 0 unspecified atom stereocenters. The zero-order valence-electron chi connectivity index (χ0n) is 67.6. The van der Waals surface area contributed by atoms with Gasteiger partial charge in [0, 0.05) is 75.3 Å². The van der Waals surface area contributed by atoms with Crippen LogP contribution in [0.15, 0.2) is 180 Å². The Kier molecular flexibility index (Phi) is 23.0. The van der Waals surface area contributed by atoms with E-state index in [4.69, 9.17) is 36.0 Å². The van der Waals surface area contributed by atoms with Crippen LogP contribution >= 0.6 is 27.7 Å². The largest absolute Gasteiger partial charge is 2.00 e. The van der Waals surface area contributed by atoms with E-state index in [0.717, 1.165) is 105 Å². The van der Waals surface area contributed by atoms with Crippen molar-refractivity contribution in [1.82, 2.24) is 29.9 Å². The van der Waals surface area contributed by atoms with Gasteiger partial charge in [0.25, 0.3) is 0 Å². The van der Waals surface area contributed by atoms with Crippen molar-refractivity contribution in [3.8, 4) is 101 Å². The van der Waals surface area contributed by atoms with Crippen LogP contribution in [0.25, 0.3) is 182 Å². The molecule has 0 saturated carbocycles. The van der Waals surface area contributed by atoms with Crippen LogP contribution in [-0.2, 0) is 24.2 Å². The molecule has 0 amide bonds. The summed E-state index contributed by atoms with van der Waals surface area (Å²) in [5, 5.41) is 0. The average Bonchev–Trinajstić information content (AvgIpc) is 1.55. The molecular weight excluding hydrogens is 1720 g/mol. The Morgan fingerprint density at radius 3 is 1.11 bits per heavy atom. The molecule has 6 aromatic heterocycles. The molecular formula is C100H64BrF9MgN8O2SZn+2. The fourth-order valence-electron chi connectivity index (χ4n) is 16.5. The number of benzene rings is 8. The van der Waals surface area contributed by atoms with Crippen molar-refractivity contribution in [1.29, 1.82) is 0 Å². The average molecular weight is 1780 g/mol. The molecule has 594 valence electrons. The molecule has 0 spiro atoms. The first-order valence-corrected chi connectivity index (χ1v) is 40.3. The summed E-state index contributed by atoms with van der Waals surface area (Å²) >= 11 is 4.91. The fourth-order valence-corrected chi connectivity index (χ4v) is 17.0. The van der Waals surface area contributed by atoms with Crippen LogP contribution in [0, 0.1) is 106 Å². The molecule has 4 aliphatic heterocycles. The van der Waals surface area contributed by atoms with E-state index in [0.29, 0.717) is 50.4 Å². The number of fused-ring (bicyclic) bond motifs is 16. The molecule has 123 heavy (non-hydrogen) atoms. The van der Waals surface area contributed by atoms with Crippen LogP contribution in [0.5, 0.6) is 0 Å². The first kappa shape index (κ1) is 82.9. The standard InChI is InChI=1S/C100H63BrF9N8O2S.Mg.Zn/c1-49-44-51(3)81(52(4)45-49)88-73-34-26-65(111-73)83(66-27-35-74(112-66)89(82-53(5)46-50(2)47-54(82)6)76-37-29-72(114-76)86(71-28-36-75(88)113-71)60-22-24-62(101)25-23-60)57-14-10-55(11-15-57)8-9-56-12-16-58(17-13-56)84-67-30-38-77(115-67)90(87-63(102)48-64(103)93(104)94(87)105)78-39-31-69(116-78)85(59-18-20-61(21-19-59)100(119)120-42-43-121-7)70-33-41-80(118-70)91(79-40-32-68(84)117-79)92-95(106)97(108)99(110)98(109)96(92)107;;/h10-41,44-48H,42-43H2,1-7H3,(H-3,111,112,113,114,115,116,117,118,119);;/q-3;2*+2/p+1/i7T;;. The summed E-state index contributed by atoms with van der Waals surface area (Å²) in [5.41, 5.74) is 17.9. The monoisotopic (exact) mass is 1780 g/mol. The molecule has 23 heteroatoms. The topological polar surface area (TPSA) is 137 Å². The van der Waals surface area contributed by atoms with Crippen molar-refractivity contribution in [2.75, 3.05) is 18.6 Å². The zero-order valence-corrected chi connectivity index (χ0v) is 73.4. The van der Waals surface area contributed by atoms with Crippen molar-refractivity contribution < 1.29 is 79.9 Å². The first-order chi connectivity index (χ1) is 58.9. The number of halogens is 10. The molecule has 10 heterocycles. The van der Waals surface area contributed by atoms with Crippen molar-refractivity contribution >= 4 is 149 Å². The molecule has 0 atom stereocenters. The van der Waals surface area contributed by atoms with Gasteiger partial charge in [-0.2, -0.15) is 11.8 Å². The molecule has 10 nitrogen and oxygen atoms in total. The molecule has 0 radical (unpaired) electrons. The van der Waals surface area contributed by atoms with Crippen molar-refractivity contribution in [3.63, 3.8) is 0 Å². The maximum absolute atomic E-state index is 16.6. The number of aryl methyl sites for hydroxylation is 6. The molecule has 14 aromatic rings. The number of aromatic amines is 2. The SMILES string of the molecule is [3H]CSCCOC(=O)c1ccc(-c2c3[nH+]c(c(-c4c(F)cc(F)c(F)c4F)c4ccc([n-]4)c(-c4ccc(C#Cc5ccc(-c6c7nc(c(-c8c(C)cc(C)cc8C)c8ccc([n-]8)c(-c8ccc(Br)cc8)c8nc(c(-c9c(C)cc(C)cc9C)c9ccc6[n-]9)C=C8)C=C7)cc5)cc4)c4[nH+]c(c(-c5c(F)c(F)c(F)c(F)c5F)c5ccc2[n-]5)C=C4)C=C3)cc1.[Mg+2].[Zn+2]. The quantitative estimate of drug-likeness (QED) is 0.0223. The van der Waals surface area contributed by atoms with Crippen LogP contribution in [-0.4, -0.2) is 57.6 Å². The Bertz CT molecular complexity index is 7280. The zero-order chi connectivity index (χ0) is 84.8. The Labute approximate surface area is 742 Å². The van der Waals surface area contributed by atoms with E-state index in [1.54, 1.807) is 24.3 Å². The van der Waals surface area contributed by atoms with Gasteiger partial charge in [-0.1, -0.05) is 160 Å². The van der Waals surface area contributed by atoms with Crippen LogP contribution in [0.4, 0.5) is 39.5 Å². The van der Waals surface area contributed by atoms with Crippen LogP contribution in [0.3, 0.4) is 0 Å². The number of esters is 1. The molecule has 8 aromatic carbocycles. The summed E-state index contributed by atoms with van der Waals surface area (Å²) in [5.74, 6) is -12.0. The Morgan fingerprint density at radius 2 is 0.707 bits per heavy atom. The number of rotatable bonds is 12. The number of nitrogens with zero attached hydrogens (tertiary/aromatic N) is 6. The number of thioether (sulfide) groups is 1. The summed E-state index contributed by atoms with van der Waals surface area (Å²) in [7, 11) is 0. The summed E-state index contributed by atoms with van der Waals surface area (Å²) in [6.07, 6.45) is 13.9. The Hall–Kier alpha value is -12.4. The predicted octanol–water partition coefficient (Wildman–Crippen LogP) is 23.7. The van der Waals surface area contributed by atoms with Gasteiger partial charge in [0.05, 0.1) is 39.5 Å². The minimum atomic E-state index is -2.40. The molecule has 16 bridgehead atoms. The summed E-state index contributed by atoms with van der Waals surface area (Å²) in [6.45, 7) is 12.6. The Balaban J connectivity index is 0.00000568. The normalized spacial score (nSPS) is 12.0. The maximum Gasteiger partial charge on any atom is 2.00 e. The van der Waals surface area contributed by atoms with Crippen LogP contribution in [0.1, 0.15) is 102 Å². The van der Waals surface area contributed by atoms with Gasteiger partial charge in [-0.05, 0) is 198 Å². The van der Waals surface area contributed by atoms with Gasteiger partial charge in [0.1, 0.15) is 12.4 Å². The van der Waals surface area contributed by atoms with Gasteiger partial charge in [-0.3, -0.25) is 0 Å². The van der Waals surface area contributed by atoms with E-state index in [2.05, 4.69) is 140 Å². The Morgan fingerprint density at radius 1 is 0.382 bits per heavy atom. The molecule has 0 saturated heterocycles. The second-order valence-electron chi connectivity index (χ2n) is 29.7. The van der Waals surface area contributed by atoms with Crippen LogP contribution < -0.4 is 29.9 Å². The summed E-state index contributed by atoms with van der Waals surface area (Å²) in [4.78, 5) is 51.4. The van der Waals surface area contributed by atoms with E-state index in [1.807, 2.05) is 60.7 Å². The molecule has 2 N–H and O–H groups in total. The molecule has 18 rings (SSSR count). The number of hydrogen-bond donors (Lipinski definition) is 0. The third-order valence-electron chi connectivity index (χ3n) is 21.7. The van der Waals surface area contributed by atoms with E-state index in [9.17, 15) is 9.18 Å². The van der Waals surface area contributed by atoms with Crippen molar-refractivity contribution in [2.45, 2.75) is 41.5 Å². The summed E-state index contributed by atoms with van der Waals surface area (Å²) in [6, 6.07) is 51.4.